The summed E-state index contributed by atoms with van der Waals surface area (Å²) in [6.45, 7) is 1.60. The van der Waals surface area contributed by atoms with Crippen LogP contribution in [0.25, 0.3) is 0 Å². The van der Waals surface area contributed by atoms with Gasteiger partial charge in [-0.2, -0.15) is 0 Å². The number of benzene rings is 2. The SMILES string of the molecule is Cc1ccccc1CS(=O)(=O)N[C@H](CO)c1ccccc1. The largest absolute Gasteiger partial charge is 0.394 e. The van der Waals surface area contributed by atoms with Crippen molar-refractivity contribution in [3.63, 3.8) is 0 Å². The molecular weight excluding hydrogens is 286 g/mol. The van der Waals surface area contributed by atoms with Gasteiger partial charge in [0, 0.05) is 0 Å². The van der Waals surface area contributed by atoms with Crippen LogP contribution in [-0.4, -0.2) is 20.1 Å². The van der Waals surface area contributed by atoms with Gasteiger partial charge in [-0.3, -0.25) is 0 Å². The molecule has 0 aliphatic carbocycles. The summed E-state index contributed by atoms with van der Waals surface area (Å²) in [5.41, 5.74) is 2.44. The molecule has 0 aliphatic heterocycles. The Labute approximate surface area is 125 Å². The molecule has 0 aromatic heterocycles. The van der Waals surface area contributed by atoms with Crippen molar-refractivity contribution in [3.05, 3.63) is 71.3 Å². The molecule has 0 heterocycles. The Morgan fingerprint density at radius 1 is 1.05 bits per heavy atom. The van der Waals surface area contributed by atoms with Crippen LogP contribution >= 0.6 is 0 Å². The van der Waals surface area contributed by atoms with E-state index in [-0.39, 0.29) is 12.4 Å². The first-order valence-corrected chi connectivity index (χ1v) is 8.37. The minimum Gasteiger partial charge on any atom is -0.394 e. The summed E-state index contributed by atoms with van der Waals surface area (Å²) in [5, 5.41) is 9.44. The van der Waals surface area contributed by atoms with E-state index in [0.717, 1.165) is 16.7 Å². The van der Waals surface area contributed by atoms with Crippen LogP contribution < -0.4 is 4.72 Å². The summed E-state index contributed by atoms with van der Waals surface area (Å²) in [4.78, 5) is 0. The van der Waals surface area contributed by atoms with Crippen LogP contribution in [0.15, 0.2) is 54.6 Å². The fraction of sp³-hybridized carbons (Fsp3) is 0.250. The second-order valence-electron chi connectivity index (χ2n) is 4.95. The van der Waals surface area contributed by atoms with E-state index >= 15 is 0 Å². The first-order valence-electron chi connectivity index (χ1n) is 6.72. The Bertz CT molecular complexity index is 684. The van der Waals surface area contributed by atoms with Crippen molar-refractivity contribution in [2.45, 2.75) is 18.7 Å². The number of sulfonamides is 1. The predicted molar refractivity (Wildman–Crippen MR) is 83.2 cm³/mol. The first kappa shape index (κ1) is 15.7. The highest BCUT2D eigenvalue weighted by molar-refractivity contribution is 7.88. The summed E-state index contributed by atoms with van der Waals surface area (Å²) in [6.07, 6.45) is 0. The molecule has 4 nitrogen and oxygen atoms in total. The number of hydrogen-bond donors (Lipinski definition) is 2. The molecule has 0 saturated heterocycles. The standard InChI is InChI=1S/C16H19NO3S/c1-13-7-5-6-10-15(13)12-21(19,20)17-16(11-18)14-8-3-2-4-9-14/h2-10,16-18H,11-12H2,1H3/t16-/m1/s1. The van der Waals surface area contributed by atoms with E-state index in [9.17, 15) is 13.5 Å². The van der Waals surface area contributed by atoms with Gasteiger partial charge in [0.2, 0.25) is 10.0 Å². The summed E-state index contributed by atoms with van der Waals surface area (Å²) in [7, 11) is -3.53. The maximum atomic E-state index is 12.3. The molecule has 21 heavy (non-hydrogen) atoms. The molecule has 2 N–H and O–H groups in total. The average Bonchev–Trinajstić information content (AvgIpc) is 2.48. The maximum Gasteiger partial charge on any atom is 0.216 e. The number of rotatable bonds is 6. The maximum absolute atomic E-state index is 12.3. The molecule has 0 amide bonds. The van der Waals surface area contributed by atoms with Gasteiger partial charge < -0.3 is 5.11 Å². The highest BCUT2D eigenvalue weighted by Crippen LogP contribution is 2.16. The van der Waals surface area contributed by atoms with Gasteiger partial charge >= 0.3 is 0 Å². The predicted octanol–water partition coefficient (Wildman–Crippen LogP) is 2.15. The number of aryl methyl sites for hydroxylation is 1. The van der Waals surface area contributed by atoms with Gasteiger partial charge in [-0.05, 0) is 23.6 Å². The van der Waals surface area contributed by atoms with Crippen molar-refractivity contribution in [2.24, 2.45) is 0 Å². The summed E-state index contributed by atoms with van der Waals surface area (Å²) >= 11 is 0. The smallest absolute Gasteiger partial charge is 0.216 e. The number of aliphatic hydroxyl groups is 1. The van der Waals surface area contributed by atoms with E-state index in [1.807, 2.05) is 43.3 Å². The molecule has 0 unspecified atom stereocenters. The van der Waals surface area contributed by atoms with Crippen LogP contribution in [0.3, 0.4) is 0 Å². The number of hydrogen-bond acceptors (Lipinski definition) is 3. The van der Waals surface area contributed by atoms with E-state index in [0.29, 0.717) is 0 Å². The normalized spacial score (nSPS) is 13.0. The molecule has 0 radical (unpaired) electrons. The van der Waals surface area contributed by atoms with Gasteiger partial charge in [0.25, 0.3) is 0 Å². The van der Waals surface area contributed by atoms with Gasteiger partial charge in [0.05, 0.1) is 18.4 Å². The second kappa shape index (κ2) is 6.85. The molecule has 5 heteroatoms. The topological polar surface area (TPSA) is 66.4 Å². The Morgan fingerprint density at radius 3 is 2.29 bits per heavy atom. The van der Waals surface area contributed by atoms with E-state index in [1.165, 1.54) is 0 Å². The van der Waals surface area contributed by atoms with Crippen LogP contribution in [0.1, 0.15) is 22.7 Å². The number of nitrogens with one attached hydrogen (secondary N) is 1. The Balaban J connectivity index is 2.15. The van der Waals surface area contributed by atoms with Crippen molar-refractivity contribution >= 4 is 10.0 Å². The summed E-state index contributed by atoms with van der Waals surface area (Å²) < 4.78 is 27.1. The van der Waals surface area contributed by atoms with E-state index in [4.69, 9.17) is 0 Å². The lowest BCUT2D eigenvalue weighted by molar-refractivity contribution is 0.259. The van der Waals surface area contributed by atoms with Crippen molar-refractivity contribution in [2.75, 3.05) is 6.61 Å². The molecule has 0 aliphatic rings. The monoisotopic (exact) mass is 305 g/mol. The number of aliphatic hydroxyl groups excluding tert-OH is 1. The summed E-state index contributed by atoms with van der Waals surface area (Å²) in [5.74, 6) is -0.0942. The van der Waals surface area contributed by atoms with Crippen LogP contribution in [0.2, 0.25) is 0 Å². The minimum atomic E-state index is -3.53. The van der Waals surface area contributed by atoms with Gasteiger partial charge in [-0.25, -0.2) is 13.1 Å². The van der Waals surface area contributed by atoms with Crippen molar-refractivity contribution in [1.82, 2.24) is 4.72 Å². The molecule has 0 bridgehead atoms. The molecular formula is C16H19NO3S. The molecule has 2 aromatic rings. The molecule has 2 aromatic carbocycles. The molecule has 0 spiro atoms. The lowest BCUT2D eigenvalue weighted by Crippen LogP contribution is -2.32. The Hall–Kier alpha value is -1.69. The second-order valence-corrected chi connectivity index (χ2v) is 6.70. The fourth-order valence-corrected chi connectivity index (χ4v) is 3.59. The minimum absolute atomic E-state index is 0.0942. The zero-order chi connectivity index (χ0) is 15.3. The molecule has 2 rings (SSSR count). The van der Waals surface area contributed by atoms with Crippen molar-refractivity contribution in [1.29, 1.82) is 0 Å². The Morgan fingerprint density at radius 2 is 1.67 bits per heavy atom. The fourth-order valence-electron chi connectivity index (χ4n) is 2.13. The average molecular weight is 305 g/mol. The molecule has 112 valence electrons. The van der Waals surface area contributed by atoms with Crippen molar-refractivity contribution in [3.8, 4) is 0 Å². The first-order chi connectivity index (χ1) is 10.0. The van der Waals surface area contributed by atoms with Crippen LogP contribution in [0, 0.1) is 6.92 Å². The quantitative estimate of drug-likeness (QED) is 0.859. The van der Waals surface area contributed by atoms with Crippen LogP contribution in [0.4, 0.5) is 0 Å². The van der Waals surface area contributed by atoms with Crippen LogP contribution in [-0.2, 0) is 15.8 Å². The van der Waals surface area contributed by atoms with E-state index in [1.54, 1.807) is 18.2 Å². The molecule has 1 atom stereocenters. The highest BCUT2D eigenvalue weighted by atomic mass is 32.2. The van der Waals surface area contributed by atoms with E-state index in [2.05, 4.69) is 4.72 Å². The third-order valence-electron chi connectivity index (χ3n) is 3.31. The molecule has 0 fully saturated rings. The van der Waals surface area contributed by atoms with Crippen molar-refractivity contribution < 1.29 is 13.5 Å². The molecule has 0 saturated carbocycles. The zero-order valence-electron chi connectivity index (χ0n) is 11.9. The van der Waals surface area contributed by atoms with E-state index < -0.39 is 16.1 Å². The van der Waals surface area contributed by atoms with Gasteiger partial charge in [-0.1, -0.05) is 54.6 Å². The lowest BCUT2D eigenvalue weighted by atomic mass is 10.1. The Kier molecular flexibility index (Phi) is 5.12. The zero-order valence-corrected chi connectivity index (χ0v) is 12.7. The van der Waals surface area contributed by atoms with Crippen LogP contribution in [0.5, 0.6) is 0 Å². The van der Waals surface area contributed by atoms with Gasteiger partial charge in [-0.15, -0.1) is 0 Å². The third-order valence-corrected chi connectivity index (χ3v) is 4.65. The highest BCUT2D eigenvalue weighted by Gasteiger charge is 2.19. The van der Waals surface area contributed by atoms with Gasteiger partial charge in [0.15, 0.2) is 0 Å². The van der Waals surface area contributed by atoms with Gasteiger partial charge in [0.1, 0.15) is 0 Å². The third kappa shape index (κ3) is 4.39. The summed E-state index contributed by atoms with van der Waals surface area (Å²) in [6, 6.07) is 15.8. The lowest BCUT2D eigenvalue weighted by Gasteiger charge is -2.17.